The molecule has 1 unspecified atom stereocenters. The summed E-state index contributed by atoms with van der Waals surface area (Å²) in [5.74, 6) is 1.05. The number of carbonyl (C=O) groups excluding carboxylic acids is 2. The molecule has 8 heteroatoms. The summed E-state index contributed by atoms with van der Waals surface area (Å²) in [7, 11) is 4.73. The molecule has 1 heterocycles. The molecule has 0 aliphatic carbocycles. The maximum Gasteiger partial charge on any atom is 0.295 e. The van der Waals surface area contributed by atoms with Gasteiger partial charge in [0.2, 0.25) is 0 Å². The van der Waals surface area contributed by atoms with E-state index >= 15 is 0 Å². The molecule has 0 spiro atoms. The number of Topliss-reactive ketones (excluding diaryl/α,β-unsaturated/α-hetero) is 1. The normalized spacial score (nSPS) is 16.5. The number of benzene rings is 3. The first kappa shape index (κ1) is 27.6. The summed E-state index contributed by atoms with van der Waals surface area (Å²) in [4.78, 5) is 28.1. The van der Waals surface area contributed by atoms with Gasteiger partial charge in [-0.05, 0) is 71.6 Å². The molecule has 1 fully saturated rings. The van der Waals surface area contributed by atoms with E-state index in [-0.39, 0.29) is 30.4 Å². The molecule has 8 nitrogen and oxygen atoms in total. The molecule has 1 aliphatic heterocycles. The third kappa shape index (κ3) is 5.70. The van der Waals surface area contributed by atoms with E-state index in [1.807, 2.05) is 13.8 Å². The third-order valence-electron chi connectivity index (χ3n) is 6.76. The van der Waals surface area contributed by atoms with Gasteiger partial charge in [0.25, 0.3) is 11.7 Å². The van der Waals surface area contributed by atoms with Crippen molar-refractivity contribution in [3.8, 4) is 23.0 Å². The Hall–Kier alpha value is -4.46. The second-order valence-electron chi connectivity index (χ2n) is 9.40. The minimum Gasteiger partial charge on any atom is -0.507 e. The number of ketones is 1. The molecule has 3 aromatic carbocycles. The van der Waals surface area contributed by atoms with Crippen molar-refractivity contribution in [2.24, 2.45) is 0 Å². The second kappa shape index (κ2) is 11.9. The van der Waals surface area contributed by atoms with E-state index in [1.54, 1.807) is 88.1 Å². The number of likely N-dealkylation sites (tertiary alicyclic amines) is 1. The summed E-state index contributed by atoms with van der Waals surface area (Å²) in [6, 6.07) is 18.6. The number of aliphatic hydroxyl groups excluding tert-OH is 1. The maximum absolute atomic E-state index is 13.4. The molecule has 4 rings (SSSR count). The zero-order chi connectivity index (χ0) is 28.1. The van der Waals surface area contributed by atoms with Crippen molar-refractivity contribution in [1.29, 1.82) is 0 Å². The van der Waals surface area contributed by atoms with Crippen LogP contribution in [0.3, 0.4) is 0 Å². The number of methoxy groups -OCH3 is 3. The molecule has 1 aliphatic rings. The fraction of sp³-hybridized carbons (Fsp3) is 0.290. The molecular weight excluding hydrogens is 498 g/mol. The van der Waals surface area contributed by atoms with E-state index in [0.717, 1.165) is 5.56 Å². The van der Waals surface area contributed by atoms with Crippen molar-refractivity contribution in [3.63, 3.8) is 0 Å². The van der Waals surface area contributed by atoms with E-state index in [9.17, 15) is 14.7 Å². The monoisotopic (exact) mass is 531 g/mol. The molecule has 0 aromatic heterocycles. The van der Waals surface area contributed by atoms with Crippen molar-refractivity contribution in [2.45, 2.75) is 25.8 Å². The predicted molar refractivity (Wildman–Crippen MR) is 148 cm³/mol. The Labute approximate surface area is 228 Å². The van der Waals surface area contributed by atoms with Crippen molar-refractivity contribution >= 4 is 17.4 Å². The van der Waals surface area contributed by atoms with Crippen LogP contribution >= 0.6 is 0 Å². The van der Waals surface area contributed by atoms with Crippen LogP contribution in [0.4, 0.5) is 0 Å². The van der Waals surface area contributed by atoms with Crippen molar-refractivity contribution in [2.75, 3.05) is 34.5 Å². The van der Waals surface area contributed by atoms with Crippen molar-refractivity contribution < 1.29 is 33.6 Å². The third-order valence-corrected chi connectivity index (χ3v) is 6.76. The Bertz CT molecular complexity index is 1360. The van der Waals surface area contributed by atoms with Crippen LogP contribution < -0.4 is 18.9 Å². The lowest BCUT2D eigenvalue weighted by Crippen LogP contribution is -2.33. The van der Waals surface area contributed by atoms with Gasteiger partial charge in [-0.25, -0.2) is 0 Å². The number of rotatable bonds is 10. The van der Waals surface area contributed by atoms with Gasteiger partial charge in [-0.15, -0.1) is 0 Å². The van der Waals surface area contributed by atoms with Gasteiger partial charge in [0.1, 0.15) is 35.4 Å². The van der Waals surface area contributed by atoms with Gasteiger partial charge in [0, 0.05) is 5.56 Å². The zero-order valence-electron chi connectivity index (χ0n) is 22.8. The highest BCUT2D eigenvalue weighted by Crippen LogP contribution is 2.40. The number of aliphatic hydroxyl groups is 1. The summed E-state index contributed by atoms with van der Waals surface area (Å²) in [5.41, 5.74) is 2.00. The van der Waals surface area contributed by atoms with Crippen LogP contribution in [0, 0.1) is 0 Å². The van der Waals surface area contributed by atoms with Crippen LogP contribution in [-0.2, 0) is 9.59 Å². The first-order chi connectivity index (χ1) is 18.8. The van der Waals surface area contributed by atoms with E-state index in [4.69, 9.17) is 18.9 Å². The fourth-order valence-corrected chi connectivity index (χ4v) is 4.67. The Morgan fingerprint density at radius 1 is 0.846 bits per heavy atom. The zero-order valence-corrected chi connectivity index (χ0v) is 22.8. The predicted octanol–water partition coefficient (Wildman–Crippen LogP) is 5.34. The first-order valence-corrected chi connectivity index (χ1v) is 12.7. The van der Waals surface area contributed by atoms with E-state index in [0.29, 0.717) is 34.1 Å². The molecule has 1 N–H and O–H groups in total. The molecule has 1 saturated heterocycles. The SMILES string of the molecule is COc1ccc(OCCN2C(=O)C(=O)/C(=C(\O)c3ccc(OC)c(C(C)C)c3)C2c2ccc(OC)cc2)cc1. The molecule has 39 heavy (non-hydrogen) atoms. The highest BCUT2D eigenvalue weighted by Gasteiger charge is 2.46. The summed E-state index contributed by atoms with van der Waals surface area (Å²) < 4.78 is 21.8. The van der Waals surface area contributed by atoms with Crippen LogP contribution in [0.2, 0.25) is 0 Å². The Balaban J connectivity index is 1.72. The number of carbonyl (C=O) groups is 2. The average molecular weight is 532 g/mol. The number of ether oxygens (including phenoxy) is 4. The van der Waals surface area contributed by atoms with Gasteiger partial charge in [0.15, 0.2) is 0 Å². The molecule has 0 saturated carbocycles. The van der Waals surface area contributed by atoms with Crippen LogP contribution in [0.1, 0.15) is 42.5 Å². The maximum atomic E-state index is 13.4. The van der Waals surface area contributed by atoms with Crippen LogP contribution in [0.15, 0.2) is 72.3 Å². The molecule has 204 valence electrons. The number of hydrogen-bond donors (Lipinski definition) is 1. The van der Waals surface area contributed by atoms with Gasteiger partial charge in [-0.2, -0.15) is 0 Å². The number of hydrogen-bond acceptors (Lipinski definition) is 7. The molecule has 1 amide bonds. The molecular formula is C31H33NO7. The lowest BCUT2D eigenvalue weighted by Gasteiger charge is -2.25. The first-order valence-electron chi connectivity index (χ1n) is 12.7. The van der Waals surface area contributed by atoms with E-state index in [1.165, 1.54) is 4.90 Å². The van der Waals surface area contributed by atoms with Gasteiger partial charge in [-0.3, -0.25) is 9.59 Å². The van der Waals surface area contributed by atoms with E-state index < -0.39 is 17.7 Å². The Kier molecular flexibility index (Phi) is 8.44. The Morgan fingerprint density at radius 2 is 1.44 bits per heavy atom. The van der Waals surface area contributed by atoms with Crippen molar-refractivity contribution in [3.05, 3.63) is 89.0 Å². The lowest BCUT2D eigenvalue weighted by molar-refractivity contribution is -0.140. The fourth-order valence-electron chi connectivity index (χ4n) is 4.67. The van der Waals surface area contributed by atoms with Gasteiger partial charge in [-0.1, -0.05) is 26.0 Å². The topological polar surface area (TPSA) is 94.5 Å². The minimum absolute atomic E-state index is 0.0227. The van der Waals surface area contributed by atoms with Gasteiger partial charge < -0.3 is 29.0 Å². The largest absolute Gasteiger partial charge is 0.507 e. The summed E-state index contributed by atoms with van der Waals surface area (Å²) >= 11 is 0. The minimum atomic E-state index is -0.806. The highest BCUT2D eigenvalue weighted by atomic mass is 16.5. The molecule has 1 atom stereocenters. The van der Waals surface area contributed by atoms with Gasteiger partial charge >= 0.3 is 0 Å². The van der Waals surface area contributed by atoms with Crippen LogP contribution in [0.5, 0.6) is 23.0 Å². The van der Waals surface area contributed by atoms with Gasteiger partial charge in [0.05, 0.1) is 39.5 Å². The Morgan fingerprint density at radius 3 is 2.00 bits per heavy atom. The van der Waals surface area contributed by atoms with Crippen LogP contribution in [0.25, 0.3) is 5.76 Å². The highest BCUT2D eigenvalue weighted by molar-refractivity contribution is 6.46. The average Bonchev–Trinajstić information content (AvgIpc) is 3.21. The molecule has 3 aromatic rings. The quantitative estimate of drug-likeness (QED) is 0.214. The summed E-state index contributed by atoms with van der Waals surface area (Å²) in [6.07, 6.45) is 0. The second-order valence-corrected chi connectivity index (χ2v) is 9.40. The molecule has 0 bridgehead atoms. The number of amides is 1. The summed E-state index contributed by atoms with van der Waals surface area (Å²) in [6.45, 7) is 4.30. The standard InChI is InChI=1S/C31H33NO7/c1-19(2)25-18-21(8-15-26(25)38-5)29(33)27-28(20-6-9-22(36-3)10-7-20)32(31(35)30(27)34)16-17-39-24-13-11-23(37-4)12-14-24/h6-15,18-19,28,33H,16-17H2,1-5H3/b29-27-. The smallest absolute Gasteiger partial charge is 0.295 e. The lowest BCUT2D eigenvalue weighted by atomic mass is 9.93. The molecule has 0 radical (unpaired) electrons. The van der Waals surface area contributed by atoms with E-state index in [2.05, 4.69) is 0 Å². The summed E-state index contributed by atoms with van der Waals surface area (Å²) in [5, 5.41) is 11.5. The number of nitrogens with zero attached hydrogens (tertiary/aromatic N) is 1. The van der Waals surface area contributed by atoms with Crippen molar-refractivity contribution in [1.82, 2.24) is 4.90 Å². The van der Waals surface area contributed by atoms with Crippen LogP contribution in [-0.4, -0.2) is 56.2 Å².